The van der Waals surface area contributed by atoms with Gasteiger partial charge in [0, 0.05) is 6.61 Å². The summed E-state index contributed by atoms with van der Waals surface area (Å²) in [5.41, 5.74) is 0. The first kappa shape index (κ1) is 29.2. The van der Waals surface area contributed by atoms with Crippen molar-refractivity contribution in [3.05, 3.63) is 0 Å². The van der Waals surface area contributed by atoms with Crippen LogP contribution in [-0.2, 0) is 9.53 Å². The van der Waals surface area contributed by atoms with Crippen LogP contribution in [0.2, 0.25) is 0 Å². The fourth-order valence-electron chi connectivity index (χ4n) is 0.935. The molecular formula is C6H20O8. The molecule has 0 radical (unpaired) electrons. The Morgan fingerprint density at radius 1 is 1.07 bits per heavy atom. The summed E-state index contributed by atoms with van der Waals surface area (Å²) in [4.78, 5) is 10.2. The molecule has 0 aromatic heterocycles. The zero-order chi connectivity index (χ0) is 6.69. The molecule has 11 N–H and O–H groups in total. The minimum atomic E-state index is -0.824. The van der Waals surface area contributed by atoms with Crippen LogP contribution in [0.1, 0.15) is 19.3 Å². The lowest BCUT2D eigenvalue weighted by atomic mass is 10.1. The van der Waals surface area contributed by atoms with Crippen molar-refractivity contribution in [2.75, 3.05) is 6.61 Å². The van der Waals surface area contributed by atoms with Crippen LogP contribution in [0.15, 0.2) is 0 Å². The van der Waals surface area contributed by atoms with Crippen LogP contribution in [-0.4, -0.2) is 51.2 Å². The molecule has 1 heterocycles. The molecule has 1 aliphatic heterocycles. The van der Waals surface area contributed by atoms with Crippen LogP contribution in [0.25, 0.3) is 0 Å². The number of carboxylic acid groups (broad SMARTS) is 1. The van der Waals surface area contributed by atoms with Gasteiger partial charge in [-0.3, -0.25) is 0 Å². The molecule has 1 saturated heterocycles. The van der Waals surface area contributed by atoms with E-state index in [4.69, 9.17) is 9.84 Å². The van der Waals surface area contributed by atoms with Crippen molar-refractivity contribution in [3.8, 4) is 0 Å². The Labute approximate surface area is 81.0 Å². The lowest BCUT2D eigenvalue weighted by molar-refractivity contribution is -0.153. The van der Waals surface area contributed by atoms with Gasteiger partial charge in [0.05, 0.1) is 0 Å². The summed E-state index contributed by atoms with van der Waals surface area (Å²) in [7, 11) is 0. The largest absolute Gasteiger partial charge is 0.479 e. The van der Waals surface area contributed by atoms with Crippen LogP contribution in [0.3, 0.4) is 0 Å². The summed E-state index contributed by atoms with van der Waals surface area (Å²) in [6.07, 6.45) is 2.13. The molecule has 0 saturated carbocycles. The number of carboxylic acids is 1. The summed E-state index contributed by atoms with van der Waals surface area (Å²) < 4.78 is 4.94. The molecule has 8 heteroatoms. The molecule has 0 aliphatic carbocycles. The highest BCUT2D eigenvalue weighted by atomic mass is 16.5. The maximum atomic E-state index is 10.2. The monoisotopic (exact) mass is 220 g/mol. The average Bonchev–Trinajstić information content (AvgIpc) is 1.90. The van der Waals surface area contributed by atoms with Gasteiger partial charge in [0.25, 0.3) is 0 Å². The van der Waals surface area contributed by atoms with Gasteiger partial charge in [-0.05, 0) is 19.3 Å². The summed E-state index contributed by atoms with van der Waals surface area (Å²) >= 11 is 0. The third-order valence-corrected chi connectivity index (χ3v) is 1.46. The number of ether oxygens (including phenoxy) is 1. The van der Waals surface area contributed by atoms with Crippen LogP contribution in [0.5, 0.6) is 0 Å². The second-order valence-corrected chi connectivity index (χ2v) is 2.19. The average molecular weight is 220 g/mol. The highest BCUT2D eigenvalue weighted by molar-refractivity contribution is 5.72. The van der Waals surface area contributed by atoms with Gasteiger partial charge in [-0.2, -0.15) is 0 Å². The van der Waals surface area contributed by atoms with E-state index in [2.05, 4.69) is 0 Å². The van der Waals surface area contributed by atoms with Crippen LogP contribution in [0, 0.1) is 0 Å². The molecule has 1 atom stereocenters. The molecule has 1 fully saturated rings. The fraction of sp³-hybridized carbons (Fsp3) is 0.833. The predicted molar refractivity (Wildman–Crippen MR) is 49.3 cm³/mol. The standard InChI is InChI=1S/C6H10O3.5H2O/c7-6(8)5-3-1-2-4-9-5;;;;;/h5H,1-4H2,(H,7,8);5*1H2. The Balaban J connectivity index is -0.0000000540. The molecule has 1 rings (SSSR count). The van der Waals surface area contributed by atoms with Crippen LogP contribution < -0.4 is 0 Å². The Morgan fingerprint density at radius 2 is 1.57 bits per heavy atom. The molecule has 0 spiro atoms. The van der Waals surface area contributed by atoms with Crippen molar-refractivity contribution in [1.29, 1.82) is 0 Å². The molecule has 0 aromatic rings. The van der Waals surface area contributed by atoms with E-state index < -0.39 is 12.1 Å². The molecule has 1 aliphatic rings. The number of rotatable bonds is 1. The Kier molecular flexibility index (Phi) is 30.8. The van der Waals surface area contributed by atoms with Gasteiger partial charge in [-0.15, -0.1) is 0 Å². The summed E-state index contributed by atoms with van der Waals surface area (Å²) in [5.74, 6) is -0.824. The van der Waals surface area contributed by atoms with Crippen molar-refractivity contribution in [2.24, 2.45) is 0 Å². The topological polar surface area (TPSA) is 204 Å². The first-order chi connectivity index (χ1) is 4.30. The van der Waals surface area contributed by atoms with Crippen molar-refractivity contribution < 1.29 is 42.0 Å². The SMILES string of the molecule is O.O.O.O.O.O=C(O)C1CCCCO1. The second kappa shape index (κ2) is 14.7. The molecule has 14 heavy (non-hydrogen) atoms. The van der Waals surface area contributed by atoms with Gasteiger partial charge < -0.3 is 37.2 Å². The van der Waals surface area contributed by atoms with Gasteiger partial charge in [0.1, 0.15) is 0 Å². The first-order valence-electron chi connectivity index (χ1n) is 3.15. The fourth-order valence-corrected chi connectivity index (χ4v) is 0.935. The van der Waals surface area contributed by atoms with E-state index in [-0.39, 0.29) is 27.4 Å². The van der Waals surface area contributed by atoms with E-state index in [1.165, 1.54) is 0 Å². The van der Waals surface area contributed by atoms with Crippen molar-refractivity contribution in [2.45, 2.75) is 25.4 Å². The maximum Gasteiger partial charge on any atom is 0.332 e. The van der Waals surface area contributed by atoms with Gasteiger partial charge in [-0.1, -0.05) is 0 Å². The first-order valence-corrected chi connectivity index (χ1v) is 3.15. The zero-order valence-corrected chi connectivity index (χ0v) is 7.67. The molecule has 0 bridgehead atoms. The molecule has 1 unspecified atom stereocenters. The van der Waals surface area contributed by atoms with Crippen LogP contribution in [0.4, 0.5) is 0 Å². The van der Waals surface area contributed by atoms with E-state index in [9.17, 15) is 4.79 Å². The predicted octanol–water partition coefficient (Wildman–Crippen LogP) is -3.48. The van der Waals surface area contributed by atoms with E-state index in [1.54, 1.807) is 0 Å². The minimum absolute atomic E-state index is 0. The molecule has 0 aromatic carbocycles. The lowest BCUT2D eigenvalue weighted by Gasteiger charge is -2.17. The number of hydrogen-bond donors (Lipinski definition) is 1. The Hall–Kier alpha value is -0.770. The molecule has 92 valence electrons. The second-order valence-electron chi connectivity index (χ2n) is 2.19. The third-order valence-electron chi connectivity index (χ3n) is 1.46. The maximum absolute atomic E-state index is 10.2. The number of hydrogen-bond acceptors (Lipinski definition) is 2. The molecule has 8 nitrogen and oxygen atoms in total. The lowest BCUT2D eigenvalue weighted by Crippen LogP contribution is -2.27. The highest BCUT2D eigenvalue weighted by Crippen LogP contribution is 2.11. The van der Waals surface area contributed by atoms with Crippen molar-refractivity contribution in [3.63, 3.8) is 0 Å². The summed E-state index contributed by atoms with van der Waals surface area (Å²) in [5, 5.41) is 8.41. The molecular weight excluding hydrogens is 200 g/mol. The van der Waals surface area contributed by atoms with Crippen molar-refractivity contribution in [1.82, 2.24) is 0 Å². The highest BCUT2D eigenvalue weighted by Gasteiger charge is 2.20. The van der Waals surface area contributed by atoms with Gasteiger partial charge >= 0.3 is 5.97 Å². The van der Waals surface area contributed by atoms with E-state index >= 15 is 0 Å². The van der Waals surface area contributed by atoms with Gasteiger partial charge in [0.15, 0.2) is 6.10 Å². The molecule has 0 amide bonds. The van der Waals surface area contributed by atoms with Gasteiger partial charge in [-0.25, -0.2) is 4.79 Å². The van der Waals surface area contributed by atoms with E-state index in [0.29, 0.717) is 13.0 Å². The van der Waals surface area contributed by atoms with E-state index in [0.717, 1.165) is 12.8 Å². The zero-order valence-electron chi connectivity index (χ0n) is 7.67. The van der Waals surface area contributed by atoms with Gasteiger partial charge in [0.2, 0.25) is 0 Å². The quantitative estimate of drug-likeness (QED) is 0.478. The Bertz CT molecular complexity index is 110. The minimum Gasteiger partial charge on any atom is -0.479 e. The van der Waals surface area contributed by atoms with Crippen LogP contribution >= 0.6 is 0 Å². The summed E-state index contributed by atoms with van der Waals surface area (Å²) in [6.45, 7) is 0.608. The normalized spacial score (nSPS) is 17.9. The number of carbonyl (C=O) groups is 1. The smallest absolute Gasteiger partial charge is 0.332 e. The number of aliphatic carboxylic acids is 1. The van der Waals surface area contributed by atoms with Crippen molar-refractivity contribution >= 4 is 5.97 Å². The summed E-state index contributed by atoms with van der Waals surface area (Å²) in [6, 6.07) is 0. The third kappa shape index (κ3) is 9.32. The van der Waals surface area contributed by atoms with E-state index in [1.807, 2.05) is 0 Å². The Morgan fingerprint density at radius 3 is 1.79 bits per heavy atom.